The number of nitrogens with one attached hydrogen (secondary N) is 1. The number of allylic oxidation sites excluding steroid dienone is 1. The number of hydrogen-bond acceptors (Lipinski definition) is 3. The molecule has 0 saturated carbocycles. The largest absolute Gasteiger partial charge is 0.496 e. The number of hydrogen-bond donors (Lipinski definition) is 1. The highest BCUT2D eigenvalue weighted by Gasteiger charge is 2.39. The lowest BCUT2D eigenvalue weighted by atomic mass is 10.0. The highest BCUT2D eigenvalue weighted by atomic mass is 28.4. The van der Waals surface area contributed by atoms with E-state index < -0.39 is 8.32 Å². The summed E-state index contributed by atoms with van der Waals surface area (Å²) in [5.74, 6) is 0.839. The maximum Gasteiger partial charge on any atom is 0.193 e. The third kappa shape index (κ3) is 4.98. The van der Waals surface area contributed by atoms with Crippen molar-refractivity contribution in [3.63, 3.8) is 0 Å². The molecule has 0 radical (unpaired) electrons. The van der Waals surface area contributed by atoms with Crippen LogP contribution in [0.3, 0.4) is 0 Å². The van der Waals surface area contributed by atoms with E-state index in [2.05, 4.69) is 57.9 Å². The van der Waals surface area contributed by atoms with Crippen molar-refractivity contribution < 1.29 is 9.16 Å². The molecule has 0 aromatic heterocycles. The minimum atomic E-state index is -1.93. The summed E-state index contributed by atoms with van der Waals surface area (Å²) in [5, 5.41) is 3.55. The zero-order valence-corrected chi connectivity index (χ0v) is 17.3. The van der Waals surface area contributed by atoms with Crippen molar-refractivity contribution >= 4 is 14.0 Å². The summed E-state index contributed by atoms with van der Waals surface area (Å²) in [6.07, 6.45) is 5.86. The molecule has 0 amide bonds. The van der Waals surface area contributed by atoms with Crippen molar-refractivity contribution in [1.82, 2.24) is 0 Å². The fourth-order valence-electron chi connectivity index (χ4n) is 2.22. The first-order valence-corrected chi connectivity index (χ1v) is 11.4. The molecule has 3 nitrogen and oxygen atoms in total. The Hall–Kier alpha value is -1.52. The van der Waals surface area contributed by atoms with Gasteiger partial charge < -0.3 is 14.5 Å². The van der Waals surface area contributed by atoms with Crippen molar-refractivity contribution in [3.05, 3.63) is 48.6 Å². The van der Waals surface area contributed by atoms with Crippen molar-refractivity contribution in [3.8, 4) is 5.75 Å². The molecule has 24 heavy (non-hydrogen) atoms. The number of rotatable bonds is 8. The lowest BCUT2D eigenvalue weighted by Gasteiger charge is -2.39. The molecule has 0 aliphatic rings. The van der Waals surface area contributed by atoms with Gasteiger partial charge in [0.05, 0.1) is 13.2 Å². The third-order valence-corrected chi connectivity index (χ3v) is 9.06. The Balaban J connectivity index is 3.36. The molecule has 0 aliphatic carbocycles. The van der Waals surface area contributed by atoms with Crippen LogP contribution >= 0.6 is 0 Å². The molecule has 0 fully saturated rings. The van der Waals surface area contributed by atoms with Crippen LogP contribution in [0.15, 0.2) is 43.0 Å². The van der Waals surface area contributed by atoms with Crippen LogP contribution in [0, 0.1) is 0 Å². The monoisotopic (exact) mass is 347 g/mol. The van der Waals surface area contributed by atoms with Gasteiger partial charge >= 0.3 is 0 Å². The van der Waals surface area contributed by atoms with Crippen molar-refractivity contribution in [1.29, 1.82) is 0 Å². The number of ether oxygens (including phenoxy) is 1. The second-order valence-electron chi connectivity index (χ2n) is 7.42. The second-order valence-corrected chi connectivity index (χ2v) is 12.2. The van der Waals surface area contributed by atoms with Crippen molar-refractivity contribution in [2.75, 3.05) is 19.0 Å². The molecule has 0 bridgehead atoms. The third-order valence-electron chi connectivity index (χ3n) is 4.60. The van der Waals surface area contributed by atoms with Gasteiger partial charge in [0.15, 0.2) is 8.32 Å². The Morgan fingerprint density at radius 2 is 1.96 bits per heavy atom. The van der Waals surface area contributed by atoms with Gasteiger partial charge in [-0.2, -0.15) is 0 Å². The summed E-state index contributed by atoms with van der Waals surface area (Å²) in [6, 6.07) is 6.04. The molecule has 0 heterocycles. The maximum atomic E-state index is 6.70. The lowest BCUT2D eigenvalue weighted by molar-refractivity contribution is 0.225. The van der Waals surface area contributed by atoms with Gasteiger partial charge in [-0.1, -0.05) is 45.1 Å². The van der Waals surface area contributed by atoms with E-state index in [4.69, 9.17) is 9.16 Å². The van der Waals surface area contributed by atoms with Gasteiger partial charge in [0.1, 0.15) is 5.75 Å². The first-order valence-electron chi connectivity index (χ1n) is 8.50. The predicted octanol–water partition coefficient (Wildman–Crippen LogP) is 5.93. The minimum absolute atomic E-state index is 0.139. The fourth-order valence-corrected chi connectivity index (χ4v) is 3.40. The van der Waals surface area contributed by atoms with Gasteiger partial charge in [-0.3, -0.25) is 0 Å². The zero-order chi connectivity index (χ0) is 18.4. The summed E-state index contributed by atoms with van der Waals surface area (Å²) in [4.78, 5) is 0. The molecule has 1 atom stereocenters. The molecule has 4 heteroatoms. The van der Waals surface area contributed by atoms with Gasteiger partial charge in [-0.15, -0.1) is 6.58 Å². The smallest absolute Gasteiger partial charge is 0.193 e. The number of benzene rings is 1. The summed E-state index contributed by atoms with van der Waals surface area (Å²) in [6.45, 7) is 17.8. The highest BCUT2D eigenvalue weighted by molar-refractivity contribution is 6.74. The molecular weight excluding hydrogens is 314 g/mol. The zero-order valence-electron chi connectivity index (χ0n) is 16.3. The Morgan fingerprint density at radius 3 is 2.46 bits per heavy atom. The minimum Gasteiger partial charge on any atom is -0.496 e. The molecule has 1 aromatic rings. The summed E-state index contributed by atoms with van der Waals surface area (Å²) >= 11 is 0. The Morgan fingerprint density at radius 1 is 1.29 bits per heavy atom. The highest BCUT2D eigenvalue weighted by Crippen LogP contribution is 2.43. The maximum absolute atomic E-state index is 6.70. The molecule has 1 unspecified atom stereocenters. The Labute approximate surface area is 148 Å². The molecular formula is C20H33NO2Si. The van der Waals surface area contributed by atoms with E-state index in [0.29, 0.717) is 6.54 Å². The van der Waals surface area contributed by atoms with E-state index in [-0.39, 0.29) is 11.1 Å². The van der Waals surface area contributed by atoms with Gasteiger partial charge in [-0.25, -0.2) is 0 Å². The van der Waals surface area contributed by atoms with Crippen molar-refractivity contribution in [2.24, 2.45) is 0 Å². The SMILES string of the molecule is C=CCNc1cccc(OC)c1C(/C=C/C)O[Si](C)(C)C(C)(C)C. The topological polar surface area (TPSA) is 30.5 Å². The molecule has 1 aromatic carbocycles. The summed E-state index contributed by atoms with van der Waals surface area (Å²) in [5.41, 5.74) is 2.07. The quantitative estimate of drug-likeness (QED) is 0.467. The van der Waals surface area contributed by atoms with Gasteiger partial charge in [0, 0.05) is 17.8 Å². The van der Waals surface area contributed by atoms with Crippen LogP contribution in [0.25, 0.3) is 0 Å². The normalized spacial score (nSPS) is 13.8. The number of anilines is 1. The first kappa shape index (κ1) is 20.5. The van der Waals surface area contributed by atoms with Crippen LogP contribution in [0.1, 0.15) is 39.4 Å². The second kappa shape index (κ2) is 8.54. The lowest BCUT2D eigenvalue weighted by Crippen LogP contribution is -2.41. The average Bonchev–Trinajstić information content (AvgIpc) is 2.50. The standard InChI is InChI=1S/C20H33NO2Si/c1-9-12-18(23-24(7,8)20(3,4)5)19-16(21-15-10-2)13-11-14-17(19)22-6/h9-14,18,21H,2,15H2,1,3-8H3/b12-9+. The Kier molecular flexibility index (Phi) is 7.30. The molecule has 134 valence electrons. The molecule has 0 saturated heterocycles. The molecule has 0 spiro atoms. The van der Waals surface area contributed by atoms with E-state index >= 15 is 0 Å². The van der Waals surface area contributed by atoms with E-state index in [0.717, 1.165) is 17.0 Å². The fraction of sp³-hybridized carbons (Fsp3) is 0.500. The van der Waals surface area contributed by atoms with Crippen LogP contribution in [0.2, 0.25) is 18.1 Å². The summed E-state index contributed by atoms with van der Waals surface area (Å²) in [7, 11) is -0.229. The van der Waals surface area contributed by atoms with Crippen molar-refractivity contribution in [2.45, 2.75) is 51.9 Å². The molecule has 1 rings (SSSR count). The van der Waals surface area contributed by atoms with E-state index in [9.17, 15) is 0 Å². The van der Waals surface area contributed by atoms with E-state index in [1.807, 2.05) is 31.2 Å². The van der Waals surface area contributed by atoms with E-state index in [1.165, 1.54) is 0 Å². The molecule has 1 N–H and O–H groups in total. The van der Waals surface area contributed by atoms with E-state index in [1.54, 1.807) is 7.11 Å². The van der Waals surface area contributed by atoms with Crippen LogP contribution in [0.5, 0.6) is 5.75 Å². The predicted molar refractivity (Wildman–Crippen MR) is 108 cm³/mol. The average molecular weight is 348 g/mol. The van der Waals surface area contributed by atoms with Crippen LogP contribution in [-0.2, 0) is 4.43 Å². The van der Waals surface area contributed by atoms with Gasteiger partial charge in [-0.05, 0) is 37.2 Å². The first-order chi connectivity index (χ1) is 11.2. The van der Waals surface area contributed by atoms with Crippen LogP contribution in [-0.4, -0.2) is 22.0 Å². The van der Waals surface area contributed by atoms with Gasteiger partial charge in [0.25, 0.3) is 0 Å². The number of methoxy groups -OCH3 is 1. The van der Waals surface area contributed by atoms with Crippen LogP contribution < -0.4 is 10.1 Å². The van der Waals surface area contributed by atoms with Gasteiger partial charge in [0.2, 0.25) is 0 Å². The molecule has 0 aliphatic heterocycles. The summed E-state index contributed by atoms with van der Waals surface area (Å²) < 4.78 is 12.3. The Bertz CT molecular complexity index is 573. The van der Waals surface area contributed by atoms with Crippen LogP contribution in [0.4, 0.5) is 5.69 Å².